The Balaban J connectivity index is 1.73. The Bertz CT molecular complexity index is 1070. The quantitative estimate of drug-likeness (QED) is 0.405. The maximum Gasteiger partial charge on any atom is 0.270 e. The Labute approximate surface area is 186 Å². The average Bonchev–Trinajstić information content (AvgIpc) is 2.94. The van der Waals surface area contributed by atoms with Gasteiger partial charge in [0, 0.05) is 48.6 Å². The summed E-state index contributed by atoms with van der Waals surface area (Å²) in [5.41, 5.74) is 1.54. The molecule has 2 aromatic rings. The van der Waals surface area contributed by atoms with E-state index in [0.717, 1.165) is 11.3 Å². The van der Waals surface area contributed by atoms with Gasteiger partial charge in [-0.15, -0.1) is 0 Å². The fourth-order valence-corrected chi connectivity index (χ4v) is 4.60. The lowest BCUT2D eigenvalue weighted by Gasteiger charge is -2.47. The summed E-state index contributed by atoms with van der Waals surface area (Å²) >= 11 is 4.14. The third-order valence-corrected chi connectivity index (χ3v) is 6.34. The molecule has 4 rings (SSSR count). The molecule has 0 bridgehead atoms. The molecule has 2 aliphatic heterocycles. The highest BCUT2D eigenvalue weighted by Gasteiger charge is 2.58. The first-order valence-electron chi connectivity index (χ1n) is 10.2. The highest BCUT2D eigenvalue weighted by atomic mass is 32.1. The molecule has 2 aliphatic rings. The number of non-ortho nitro benzene ring substituents is 1. The van der Waals surface area contributed by atoms with Gasteiger partial charge in [-0.3, -0.25) is 14.9 Å². The molecule has 162 valence electrons. The van der Waals surface area contributed by atoms with E-state index in [-0.39, 0.29) is 11.6 Å². The van der Waals surface area contributed by atoms with Crippen molar-refractivity contribution in [2.75, 3.05) is 23.7 Å². The van der Waals surface area contributed by atoms with Crippen molar-refractivity contribution in [2.24, 2.45) is 0 Å². The molecule has 0 radical (unpaired) electrons. The van der Waals surface area contributed by atoms with Crippen molar-refractivity contribution in [1.82, 2.24) is 5.32 Å². The summed E-state index contributed by atoms with van der Waals surface area (Å²) in [6.45, 7) is 5.23. The van der Waals surface area contributed by atoms with Gasteiger partial charge < -0.3 is 15.0 Å². The van der Waals surface area contributed by atoms with Gasteiger partial charge in [0.25, 0.3) is 5.69 Å². The molecule has 7 nitrogen and oxygen atoms in total. The molecule has 0 aromatic heterocycles. The molecule has 0 fully saturated rings. The number of carbonyl (C=O) groups excluding carboxylic acids is 1. The number of hydrogen-bond donors (Lipinski definition) is 2. The zero-order chi connectivity index (χ0) is 22.2. The molecular weight excluding hydrogens is 414 g/mol. The molecule has 1 spiro atoms. The molecule has 0 saturated heterocycles. The van der Waals surface area contributed by atoms with Crippen LogP contribution in [0.15, 0.2) is 48.5 Å². The standard InChI is InChI=1S/C23H25N3O4S/c1-22(2)18-5-3-4-6-19(18)25(13-10-21(27)24-12-14-31)23(22)11-9-16-15-17(26(28)29)7-8-20(16)30-23/h3-9,11,15,31H,10,12-14H2,1-2H3,(H,24,27). The summed E-state index contributed by atoms with van der Waals surface area (Å²) in [7, 11) is 0. The number of hydrogen-bond acceptors (Lipinski definition) is 6. The Morgan fingerprint density at radius 2 is 2.03 bits per heavy atom. The predicted octanol–water partition coefficient (Wildman–Crippen LogP) is 3.93. The van der Waals surface area contributed by atoms with Gasteiger partial charge >= 0.3 is 0 Å². The van der Waals surface area contributed by atoms with Gasteiger partial charge in [0.15, 0.2) is 0 Å². The molecular formula is C23H25N3O4S. The van der Waals surface area contributed by atoms with Crippen LogP contribution in [0.4, 0.5) is 11.4 Å². The van der Waals surface area contributed by atoms with Gasteiger partial charge in [-0.1, -0.05) is 18.2 Å². The first-order chi connectivity index (χ1) is 14.8. The smallest absolute Gasteiger partial charge is 0.270 e. The molecule has 8 heteroatoms. The number of nitro benzene ring substituents is 1. The molecule has 2 heterocycles. The third-order valence-electron chi connectivity index (χ3n) is 6.12. The van der Waals surface area contributed by atoms with Crippen LogP contribution in [-0.2, 0) is 10.2 Å². The van der Waals surface area contributed by atoms with Crippen molar-refractivity contribution in [1.29, 1.82) is 0 Å². The van der Waals surface area contributed by atoms with E-state index in [4.69, 9.17) is 4.74 Å². The van der Waals surface area contributed by atoms with E-state index in [0.29, 0.717) is 36.6 Å². The minimum atomic E-state index is -0.857. The molecule has 1 atom stereocenters. The van der Waals surface area contributed by atoms with Crippen LogP contribution >= 0.6 is 12.6 Å². The number of nitro groups is 1. The second kappa shape index (κ2) is 7.92. The number of benzene rings is 2. The van der Waals surface area contributed by atoms with Crippen LogP contribution in [0.2, 0.25) is 0 Å². The van der Waals surface area contributed by atoms with Crippen LogP contribution in [0.3, 0.4) is 0 Å². The summed E-state index contributed by atoms with van der Waals surface area (Å²) in [4.78, 5) is 25.2. The first-order valence-corrected chi connectivity index (χ1v) is 10.8. The summed E-state index contributed by atoms with van der Waals surface area (Å²) in [5.74, 6) is 1.13. The number of ether oxygens (including phenoxy) is 1. The van der Waals surface area contributed by atoms with Crippen molar-refractivity contribution in [3.63, 3.8) is 0 Å². The second-order valence-electron chi connectivity index (χ2n) is 8.23. The molecule has 0 saturated carbocycles. The topological polar surface area (TPSA) is 84.7 Å². The average molecular weight is 440 g/mol. The lowest BCUT2D eigenvalue weighted by Crippen LogP contribution is -2.60. The number of carbonyl (C=O) groups is 1. The van der Waals surface area contributed by atoms with Gasteiger partial charge in [0.1, 0.15) is 5.75 Å². The normalized spacial score (nSPS) is 20.2. The summed E-state index contributed by atoms with van der Waals surface area (Å²) in [5, 5.41) is 14.0. The van der Waals surface area contributed by atoms with Crippen molar-refractivity contribution < 1.29 is 14.5 Å². The maximum atomic E-state index is 12.3. The van der Waals surface area contributed by atoms with Crippen molar-refractivity contribution in [2.45, 2.75) is 31.4 Å². The van der Waals surface area contributed by atoms with E-state index in [2.05, 4.69) is 42.8 Å². The van der Waals surface area contributed by atoms with Crippen molar-refractivity contribution >= 4 is 36.0 Å². The van der Waals surface area contributed by atoms with Gasteiger partial charge in [0.2, 0.25) is 11.6 Å². The Hall–Kier alpha value is -3.00. The molecule has 1 unspecified atom stereocenters. The van der Waals surface area contributed by atoms with E-state index in [1.165, 1.54) is 12.1 Å². The fourth-order valence-electron chi connectivity index (χ4n) is 4.49. The first kappa shape index (κ1) is 21.2. The van der Waals surface area contributed by atoms with Crippen LogP contribution in [-0.4, -0.2) is 35.4 Å². The Morgan fingerprint density at radius 3 is 2.77 bits per heavy atom. The number of rotatable bonds is 6. The summed E-state index contributed by atoms with van der Waals surface area (Å²) in [6.07, 6.45) is 4.16. The van der Waals surface area contributed by atoms with E-state index in [1.807, 2.05) is 30.4 Å². The van der Waals surface area contributed by atoms with Crippen molar-refractivity contribution in [3.05, 3.63) is 69.8 Å². The van der Waals surface area contributed by atoms with Gasteiger partial charge in [-0.2, -0.15) is 12.6 Å². The van der Waals surface area contributed by atoms with Gasteiger partial charge in [0.05, 0.1) is 10.3 Å². The number of thiol groups is 1. The van der Waals surface area contributed by atoms with Gasteiger partial charge in [-0.25, -0.2) is 0 Å². The zero-order valence-corrected chi connectivity index (χ0v) is 18.4. The minimum Gasteiger partial charge on any atom is -0.463 e. The minimum absolute atomic E-state index is 0.0228. The highest BCUT2D eigenvalue weighted by molar-refractivity contribution is 7.80. The van der Waals surface area contributed by atoms with Crippen LogP contribution in [0.1, 0.15) is 31.4 Å². The number of fused-ring (bicyclic) bond motifs is 2. The number of amides is 1. The second-order valence-corrected chi connectivity index (χ2v) is 8.68. The van der Waals surface area contributed by atoms with E-state index in [1.54, 1.807) is 6.07 Å². The summed E-state index contributed by atoms with van der Waals surface area (Å²) < 4.78 is 6.61. The van der Waals surface area contributed by atoms with Crippen LogP contribution in [0.25, 0.3) is 6.08 Å². The zero-order valence-electron chi connectivity index (χ0n) is 17.5. The van der Waals surface area contributed by atoms with E-state index in [9.17, 15) is 14.9 Å². The van der Waals surface area contributed by atoms with E-state index < -0.39 is 16.1 Å². The number of para-hydroxylation sites is 1. The lowest BCUT2D eigenvalue weighted by molar-refractivity contribution is -0.384. The summed E-state index contributed by atoms with van der Waals surface area (Å²) in [6, 6.07) is 12.7. The molecule has 1 amide bonds. The highest BCUT2D eigenvalue weighted by Crippen LogP contribution is 2.55. The Morgan fingerprint density at radius 1 is 1.26 bits per heavy atom. The molecule has 2 aromatic carbocycles. The number of anilines is 1. The largest absolute Gasteiger partial charge is 0.463 e. The monoisotopic (exact) mass is 439 g/mol. The molecule has 1 N–H and O–H groups in total. The van der Waals surface area contributed by atoms with Crippen LogP contribution < -0.4 is 15.0 Å². The third kappa shape index (κ3) is 3.44. The van der Waals surface area contributed by atoms with Crippen LogP contribution in [0, 0.1) is 10.1 Å². The van der Waals surface area contributed by atoms with Gasteiger partial charge in [-0.05, 0) is 43.7 Å². The van der Waals surface area contributed by atoms with Crippen LogP contribution in [0.5, 0.6) is 5.75 Å². The lowest BCUT2D eigenvalue weighted by atomic mass is 9.76. The fraction of sp³-hybridized carbons (Fsp3) is 0.348. The Kier molecular flexibility index (Phi) is 5.43. The van der Waals surface area contributed by atoms with Crippen molar-refractivity contribution in [3.8, 4) is 5.75 Å². The maximum absolute atomic E-state index is 12.3. The van der Waals surface area contributed by atoms with E-state index >= 15 is 0 Å². The molecule has 0 aliphatic carbocycles. The molecule has 31 heavy (non-hydrogen) atoms. The predicted molar refractivity (Wildman–Crippen MR) is 124 cm³/mol. The number of nitrogens with one attached hydrogen (secondary N) is 1. The SMILES string of the molecule is CC1(C)c2ccccc2N(CCC(=O)NCCS)C12C=Cc1cc([N+](=O)[O-])ccc1O2. The number of nitrogens with zero attached hydrogens (tertiary/aromatic N) is 2.